The third-order valence-corrected chi connectivity index (χ3v) is 3.74. The van der Waals surface area contributed by atoms with Gasteiger partial charge < -0.3 is 5.73 Å². The van der Waals surface area contributed by atoms with Gasteiger partial charge in [0.1, 0.15) is 0 Å². The van der Waals surface area contributed by atoms with E-state index in [9.17, 15) is 0 Å². The maximum Gasteiger partial charge on any atom is 0.0221 e. The van der Waals surface area contributed by atoms with E-state index in [1.807, 2.05) is 0 Å². The quantitative estimate of drug-likeness (QED) is 0.705. The van der Waals surface area contributed by atoms with Crippen molar-refractivity contribution in [1.29, 1.82) is 0 Å². The van der Waals surface area contributed by atoms with Crippen molar-refractivity contribution in [2.24, 2.45) is 5.73 Å². The second-order valence-electron chi connectivity index (χ2n) is 4.56. The molecular formula is C11H22N2. The van der Waals surface area contributed by atoms with Crippen molar-refractivity contribution in [3.05, 3.63) is 0 Å². The Morgan fingerprint density at radius 1 is 1.00 bits per heavy atom. The van der Waals surface area contributed by atoms with E-state index >= 15 is 0 Å². The average Bonchev–Trinajstić information content (AvgIpc) is 2.27. The number of nitrogens with two attached hydrogens (primary N) is 1. The summed E-state index contributed by atoms with van der Waals surface area (Å²) in [7, 11) is 0. The molecule has 0 spiro atoms. The Morgan fingerprint density at radius 3 is 2.46 bits per heavy atom. The Kier molecular flexibility index (Phi) is 3.23. The minimum Gasteiger partial charge on any atom is -0.329 e. The lowest BCUT2D eigenvalue weighted by molar-refractivity contribution is 0.0854. The second-order valence-corrected chi connectivity index (χ2v) is 4.56. The standard InChI is InChI=1S/C11H22N2/c12-9-11-5-2-1-3-8-13(11)10-6-4-7-10/h10-11H,1-9,12H2. The summed E-state index contributed by atoms with van der Waals surface area (Å²) in [6, 6.07) is 1.60. The maximum absolute atomic E-state index is 5.84. The number of nitrogens with zero attached hydrogens (tertiary/aromatic N) is 1. The highest BCUT2D eigenvalue weighted by Gasteiger charge is 2.30. The average molecular weight is 182 g/mol. The molecule has 2 nitrogen and oxygen atoms in total. The van der Waals surface area contributed by atoms with Crippen molar-refractivity contribution >= 4 is 0 Å². The van der Waals surface area contributed by atoms with Crippen molar-refractivity contribution < 1.29 is 0 Å². The van der Waals surface area contributed by atoms with Gasteiger partial charge in [0.2, 0.25) is 0 Å². The van der Waals surface area contributed by atoms with Crippen LogP contribution in [0.3, 0.4) is 0 Å². The third-order valence-electron chi connectivity index (χ3n) is 3.74. The van der Waals surface area contributed by atoms with Gasteiger partial charge in [-0.1, -0.05) is 19.3 Å². The summed E-state index contributed by atoms with van der Waals surface area (Å²) < 4.78 is 0. The second kappa shape index (κ2) is 4.43. The van der Waals surface area contributed by atoms with Crippen LogP contribution < -0.4 is 5.73 Å². The zero-order chi connectivity index (χ0) is 9.10. The monoisotopic (exact) mass is 182 g/mol. The number of rotatable bonds is 2. The summed E-state index contributed by atoms with van der Waals surface area (Å²) in [5, 5.41) is 0. The van der Waals surface area contributed by atoms with Crippen LogP contribution in [0.15, 0.2) is 0 Å². The fourth-order valence-corrected chi connectivity index (χ4v) is 2.65. The molecule has 1 saturated carbocycles. The Bertz CT molecular complexity index is 154. The first-order valence-electron chi connectivity index (χ1n) is 5.87. The van der Waals surface area contributed by atoms with Gasteiger partial charge in [-0.05, 0) is 32.2 Å². The molecule has 1 heterocycles. The number of hydrogen-bond acceptors (Lipinski definition) is 2. The summed E-state index contributed by atoms with van der Waals surface area (Å²) in [6.45, 7) is 2.18. The molecule has 0 radical (unpaired) electrons. The maximum atomic E-state index is 5.84. The zero-order valence-corrected chi connectivity index (χ0v) is 8.54. The van der Waals surface area contributed by atoms with Crippen LogP contribution in [0, 0.1) is 0 Å². The Morgan fingerprint density at radius 2 is 1.85 bits per heavy atom. The molecule has 76 valence electrons. The van der Waals surface area contributed by atoms with E-state index in [-0.39, 0.29) is 0 Å². The number of hydrogen-bond donors (Lipinski definition) is 1. The van der Waals surface area contributed by atoms with E-state index in [1.165, 1.54) is 51.5 Å². The molecule has 0 amide bonds. The van der Waals surface area contributed by atoms with E-state index in [0.717, 1.165) is 12.6 Å². The van der Waals surface area contributed by atoms with Crippen LogP contribution in [0.25, 0.3) is 0 Å². The van der Waals surface area contributed by atoms with Crippen LogP contribution in [0.5, 0.6) is 0 Å². The van der Waals surface area contributed by atoms with Gasteiger partial charge in [0.25, 0.3) is 0 Å². The molecule has 1 atom stereocenters. The summed E-state index contributed by atoms with van der Waals surface area (Å²) >= 11 is 0. The van der Waals surface area contributed by atoms with Crippen molar-refractivity contribution in [3.8, 4) is 0 Å². The Balaban J connectivity index is 1.93. The van der Waals surface area contributed by atoms with E-state index in [4.69, 9.17) is 5.73 Å². The van der Waals surface area contributed by atoms with Crippen LogP contribution in [0.2, 0.25) is 0 Å². The van der Waals surface area contributed by atoms with E-state index in [1.54, 1.807) is 0 Å². The first-order valence-corrected chi connectivity index (χ1v) is 5.87. The summed E-state index contributed by atoms with van der Waals surface area (Å²) in [5.41, 5.74) is 5.84. The summed E-state index contributed by atoms with van der Waals surface area (Å²) in [4.78, 5) is 2.70. The molecule has 2 aliphatic rings. The van der Waals surface area contributed by atoms with Gasteiger partial charge >= 0.3 is 0 Å². The smallest absolute Gasteiger partial charge is 0.0221 e. The van der Waals surface area contributed by atoms with Crippen LogP contribution in [0.1, 0.15) is 44.9 Å². The van der Waals surface area contributed by atoms with Gasteiger partial charge in [0.05, 0.1) is 0 Å². The van der Waals surface area contributed by atoms with Gasteiger partial charge in [0, 0.05) is 18.6 Å². The van der Waals surface area contributed by atoms with Gasteiger partial charge in [-0.2, -0.15) is 0 Å². The molecule has 1 aliphatic carbocycles. The van der Waals surface area contributed by atoms with E-state index in [2.05, 4.69) is 4.90 Å². The molecule has 0 aromatic heterocycles. The largest absolute Gasteiger partial charge is 0.329 e. The summed E-state index contributed by atoms with van der Waals surface area (Å²) in [5.74, 6) is 0. The molecule has 13 heavy (non-hydrogen) atoms. The molecular weight excluding hydrogens is 160 g/mol. The predicted octanol–water partition coefficient (Wildman–Crippen LogP) is 1.74. The molecule has 1 aliphatic heterocycles. The minimum absolute atomic E-state index is 0.702. The molecule has 2 rings (SSSR count). The molecule has 2 fully saturated rings. The fraction of sp³-hybridized carbons (Fsp3) is 1.00. The predicted molar refractivity (Wildman–Crippen MR) is 55.7 cm³/mol. The highest BCUT2D eigenvalue weighted by atomic mass is 15.2. The first-order chi connectivity index (χ1) is 6.42. The molecule has 1 unspecified atom stereocenters. The lowest BCUT2D eigenvalue weighted by Crippen LogP contribution is -2.49. The molecule has 2 heteroatoms. The van der Waals surface area contributed by atoms with Gasteiger partial charge in [-0.3, -0.25) is 4.90 Å². The highest BCUT2D eigenvalue weighted by molar-refractivity contribution is 4.86. The normalized spacial score (nSPS) is 32.5. The van der Waals surface area contributed by atoms with Gasteiger partial charge in [-0.25, -0.2) is 0 Å². The molecule has 2 N–H and O–H groups in total. The zero-order valence-electron chi connectivity index (χ0n) is 8.54. The lowest BCUT2D eigenvalue weighted by atomic mass is 9.90. The lowest BCUT2D eigenvalue weighted by Gasteiger charge is -2.41. The first kappa shape index (κ1) is 9.47. The Hall–Kier alpha value is -0.0800. The molecule has 0 aromatic carbocycles. The van der Waals surface area contributed by atoms with E-state index < -0.39 is 0 Å². The van der Waals surface area contributed by atoms with Gasteiger partial charge in [-0.15, -0.1) is 0 Å². The van der Waals surface area contributed by atoms with Crippen LogP contribution in [0.4, 0.5) is 0 Å². The Labute approximate surface area is 81.5 Å². The molecule has 1 saturated heterocycles. The van der Waals surface area contributed by atoms with E-state index in [0.29, 0.717) is 6.04 Å². The van der Waals surface area contributed by atoms with Crippen molar-refractivity contribution in [1.82, 2.24) is 4.90 Å². The summed E-state index contributed by atoms with van der Waals surface area (Å²) in [6.07, 6.45) is 9.84. The van der Waals surface area contributed by atoms with Crippen LogP contribution in [-0.2, 0) is 0 Å². The van der Waals surface area contributed by atoms with Crippen molar-refractivity contribution in [2.75, 3.05) is 13.1 Å². The number of likely N-dealkylation sites (tertiary alicyclic amines) is 1. The van der Waals surface area contributed by atoms with Crippen LogP contribution >= 0.6 is 0 Å². The molecule has 0 aromatic rings. The highest BCUT2D eigenvalue weighted by Crippen LogP contribution is 2.29. The van der Waals surface area contributed by atoms with Gasteiger partial charge in [0.15, 0.2) is 0 Å². The topological polar surface area (TPSA) is 29.3 Å². The van der Waals surface area contributed by atoms with Crippen LogP contribution in [-0.4, -0.2) is 30.1 Å². The minimum atomic E-state index is 0.702. The van der Waals surface area contributed by atoms with Crippen molar-refractivity contribution in [3.63, 3.8) is 0 Å². The third kappa shape index (κ3) is 2.05. The van der Waals surface area contributed by atoms with Crippen molar-refractivity contribution in [2.45, 2.75) is 57.0 Å². The SMILES string of the molecule is NCC1CCCCCN1C1CCC1. The molecule has 0 bridgehead atoms. The fourth-order valence-electron chi connectivity index (χ4n) is 2.65.